The maximum Gasteiger partial charge on any atom is 0.332 e. The molecule has 0 spiro atoms. The molecule has 3 rings (SSSR count). The Balaban J connectivity index is 1.73. The Labute approximate surface area is 174 Å². The summed E-state index contributed by atoms with van der Waals surface area (Å²) in [5.41, 5.74) is 5.93. The van der Waals surface area contributed by atoms with Crippen molar-refractivity contribution in [2.45, 2.75) is 19.9 Å². The second kappa shape index (κ2) is 8.84. The van der Waals surface area contributed by atoms with Crippen molar-refractivity contribution in [2.24, 2.45) is 7.05 Å². The van der Waals surface area contributed by atoms with Gasteiger partial charge in [-0.15, -0.1) is 0 Å². The van der Waals surface area contributed by atoms with Crippen LogP contribution in [-0.2, 0) is 13.6 Å². The molecule has 0 radical (unpaired) electrons. The minimum Gasteiger partial charge on any atom is -0.384 e. The molecule has 1 saturated heterocycles. The number of carbonyl (C=O) groups is 1. The Bertz CT molecular complexity index is 1020. The molecule has 3 N–H and O–H groups in total. The van der Waals surface area contributed by atoms with Gasteiger partial charge in [0.1, 0.15) is 17.9 Å². The molecule has 0 atom stereocenters. The summed E-state index contributed by atoms with van der Waals surface area (Å²) in [4.78, 5) is 41.0. The van der Waals surface area contributed by atoms with Crippen molar-refractivity contribution in [1.82, 2.24) is 9.13 Å². The number of anilines is 2. The first-order valence-electron chi connectivity index (χ1n) is 9.80. The third-order valence-electron chi connectivity index (χ3n) is 5.36. The van der Waals surface area contributed by atoms with E-state index in [1.54, 1.807) is 0 Å². The fourth-order valence-corrected chi connectivity index (χ4v) is 3.92. The molecule has 0 saturated carbocycles. The summed E-state index contributed by atoms with van der Waals surface area (Å²) in [7, 11) is 1.38. The van der Waals surface area contributed by atoms with E-state index < -0.39 is 11.2 Å². The van der Waals surface area contributed by atoms with E-state index in [4.69, 9.17) is 17.3 Å². The fourth-order valence-electron chi connectivity index (χ4n) is 3.73. The number of nitrogens with zero attached hydrogens (tertiary/aromatic N) is 3. The molecule has 1 aliphatic rings. The predicted octanol–water partition coefficient (Wildman–Crippen LogP) is -0.220. The maximum absolute atomic E-state index is 12.9. The van der Waals surface area contributed by atoms with Crippen molar-refractivity contribution in [1.29, 1.82) is 0 Å². The Hall–Kier alpha value is -2.58. The van der Waals surface area contributed by atoms with Crippen LogP contribution in [0.25, 0.3) is 0 Å². The Morgan fingerprint density at radius 1 is 1.24 bits per heavy atom. The monoisotopic (exact) mass is 420 g/mol. The Kier molecular flexibility index (Phi) is 6.44. The number of ketones is 1. The molecule has 1 aliphatic heterocycles. The third-order valence-corrected chi connectivity index (χ3v) is 5.60. The lowest BCUT2D eigenvalue weighted by Crippen LogP contribution is -3.15. The normalized spacial score (nSPS) is 14.9. The lowest BCUT2D eigenvalue weighted by molar-refractivity contribution is -0.892. The van der Waals surface area contributed by atoms with E-state index in [1.807, 2.05) is 31.2 Å². The number of aromatic nitrogens is 2. The number of nitrogens with two attached hydrogens (primary N) is 1. The fraction of sp³-hybridized carbons (Fsp3) is 0.450. The predicted molar refractivity (Wildman–Crippen MR) is 114 cm³/mol. The highest BCUT2D eigenvalue weighted by molar-refractivity contribution is 6.30. The van der Waals surface area contributed by atoms with Gasteiger partial charge in [-0.05, 0) is 24.6 Å². The summed E-state index contributed by atoms with van der Waals surface area (Å²) < 4.78 is 2.27. The topological polar surface area (TPSA) is 94.8 Å². The molecule has 8 nitrogen and oxygen atoms in total. The zero-order valence-corrected chi connectivity index (χ0v) is 17.5. The molecule has 1 fully saturated rings. The van der Waals surface area contributed by atoms with Gasteiger partial charge in [-0.1, -0.05) is 24.6 Å². The molecule has 2 aromatic rings. The summed E-state index contributed by atoms with van der Waals surface area (Å²) in [5, 5.41) is 0.695. The number of hydrogen-bond acceptors (Lipinski definition) is 5. The van der Waals surface area contributed by atoms with E-state index in [0.29, 0.717) is 18.0 Å². The maximum atomic E-state index is 12.9. The molecule has 9 heteroatoms. The van der Waals surface area contributed by atoms with Crippen molar-refractivity contribution >= 4 is 28.9 Å². The van der Waals surface area contributed by atoms with Gasteiger partial charge in [0.2, 0.25) is 5.78 Å². The van der Waals surface area contributed by atoms with Crippen LogP contribution in [0.2, 0.25) is 5.02 Å². The Morgan fingerprint density at radius 2 is 1.93 bits per heavy atom. The van der Waals surface area contributed by atoms with Crippen molar-refractivity contribution in [3.63, 3.8) is 0 Å². The number of halogens is 1. The number of Topliss-reactive ketones (excluding diaryl/α,β-unsaturated/α-hetero) is 1. The molecular formula is C20H27ClN5O3+. The molecule has 1 aromatic carbocycles. The number of hydrogen-bond donors (Lipinski definition) is 2. The number of carbonyl (C=O) groups excluding carboxylic acids is 1. The number of rotatable bonds is 6. The minimum absolute atomic E-state index is 0.0260. The summed E-state index contributed by atoms with van der Waals surface area (Å²) in [6.07, 6.45) is 0.673. The van der Waals surface area contributed by atoms with E-state index in [1.165, 1.54) is 11.6 Å². The lowest BCUT2D eigenvalue weighted by atomic mass is 10.1. The number of benzene rings is 1. The molecule has 1 aromatic heterocycles. The van der Waals surface area contributed by atoms with E-state index >= 15 is 0 Å². The average Bonchev–Trinajstić information content (AvgIpc) is 2.70. The standard InChI is InChI=1S/C20H26ClN5O3/c1-3-7-26-18(22)17(19(28)23(2)20(26)29)16(27)13-24-8-10-25(11-9-24)15-6-4-5-14(21)12-15/h4-6,12H,3,7-11,13,22H2,1-2H3/p+1. The first kappa shape index (κ1) is 21.1. The first-order valence-corrected chi connectivity index (χ1v) is 10.2. The van der Waals surface area contributed by atoms with Crippen LogP contribution in [0.1, 0.15) is 23.7 Å². The summed E-state index contributed by atoms with van der Waals surface area (Å²) >= 11 is 6.07. The highest BCUT2D eigenvalue weighted by Crippen LogP contribution is 2.19. The van der Waals surface area contributed by atoms with Gasteiger partial charge in [-0.3, -0.25) is 18.7 Å². The van der Waals surface area contributed by atoms with Crippen molar-refractivity contribution < 1.29 is 9.69 Å². The summed E-state index contributed by atoms with van der Waals surface area (Å²) in [5.74, 6) is -0.346. The SMILES string of the molecule is CCCn1c(N)c(C(=O)C[NH+]2CCN(c3cccc(Cl)c3)CC2)c(=O)n(C)c1=O. The molecular weight excluding hydrogens is 394 g/mol. The number of quaternary nitrogens is 1. The van der Waals surface area contributed by atoms with Crippen LogP contribution in [0.3, 0.4) is 0 Å². The number of nitrogens with one attached hydrogen (secondary N) is 1. The second-order valence-electron chi connectivity index (χ2n) is 7.38. The quantitative estimate of drug-likeness (QED) is 0.630. The first-order chi connectivity index (χ1) is 13.8. The van der Waals surface area contributed by atoms with Gasteiger partial charge in [-0.2, -0.15) is 0 Å². The lowest BCUT2D eigenvalue weighted by Gasteiger charge is -2.33. The van der Waals surface area contributed by atoms with E-state index in [2.05, 4.69) is 4.90 Å². The van der Waals surface area contributed by atoms with Crippen LogP contribution in [0, 0.1) is 0 Å². The zero-order valence-electron chi connectivity index (χ0n) is 16.8. The smallest absolute Gasteiger partial charge is 0.332 e. The van der Waals surface area contributed by atoms with Crippen LogP contribution < -0.4 is 26.8 Å². The second-order valence-corrected chi connectivity index (χ2v) is 7.81. The minimum atomic E-state index is -0.623. The number of piperazine rings is 1. The van der Waals surface area contributed by atoms with E-state index in [9.17, 15) is 14.4 Å². The van der Waals surface area contributed by atoms with Gasteiger partial charge in [0.25, 0.3) is 5.56 Å². The average molecular weight is 421 g/mol. The summed E-state index contributed by atoms with van der Waals surface area (Å²) in [6.45, 7) is 5.52. The van der Waals surface area contributed by atoms with Gasteiger partial charge in [0.05, 0.1) is 26.2 Å². The largest absolute Gasteiger partial charge is 0.384 e. The van der Waals surface area contributed by atoms with Crippen molar-refractivity contribution in [3.8, 4) is 0 Å². The molecule has 29 heavy (non-hydrogen) atoms. The van der Waals surface area contributed by atoms with Crippen LogP contribution >= 0.6 is 11.6 Å². The van der Waals surface area contributed by atoms with E-state index in [0.717, 1.165) is 41.3 Å². The molecule has 2 heterocycles. The van der Waals surface area contributed by atoms with Crippen LogP contribution in [-0.4, -0.2) is 47.6 Å². The number of nitrogen functional groups attached to an aromatic ring is 1. The van der Waals surface area contributed by atoms with Crippen LogP contribution in [0.5, 0.6) is 0 Å². The van der Waals surface area contributed by atoms with Gasteiger partial charge in [-0.25, -0.2) is 4.79 Å². The molecule has 0 aliphatic carbocycles. The molecule has 0 unspecified atom stereocenters. The van der Waals surface area contributed by atoms with E-state index in [-0.39, 0.29) is 23.7 Å². The van der Waals surface area contributed by atoms with Crippen molar-refractivity contribution in [2.75, 3.05) is 43.4 Å². The van der Waals surface area contributed by atoms with Crippen LogP contribution in [0.15, 0.2) is 33.9 Å². The highest BCUT2D eigenvalue weighted by Gasteiger charge is 2.27. The van der Waals surface area contributed by atoms with Crippen molar-refractivity contribution in [3.05, 3.63) is 55.7 Å². The molecule has 156 valence electrons. The van der Waals surface area contributed by atoms with Gasteiger partial charge in [0, 0.05) is 24.3 Å². The van der Waals surface area contributed by atoms with Gasteiger partial charge >= 0.3 is 5.69 Å². The van der Waals surface area contributed by atoms with Crippen LogP contribution in [0.4, 0.5) is 11.5 Å². The molecule has 0 amide bonds. The third kappa shape index (κ3) is 4.38. The molecule has 0 bridgehead atoms. The van der Waals surface area contributed by atoms with Gasteiger partial charge in [0.15, 0.2) is 0 Å². The zero-order chi connectivity index (χ0) is 21.1. The summed E-state index contributed by atoms with van der Waals surface area (Å²) in [6, 6.07) is 7.71. The Morgan fingerprint density at radius 3 is 2.55 bits per heavy atom. The van der Waals surface area contributed by atoms with Gasteiger partial charge < -0.3 is 15.5 Å². The highest BCUT2D eigenvalue weighted by atomic mass is 35.5.